The number of hydrogen-bond donors (Lipinski definition) is 0. The third kappa shape index (κ3) is 1.38. The highest BCUT2D eigenvalue weighted by atomic mass is 31.0. The van der Waals surface area contributed by atoms with Gasteiger partial charge in [-0.15, -0.1) is 0 Å². The van der Waals surface area contributed by atoms with Crippen molar-refractivity contribution in [1.82, 2.24) is 0 Å². The Kier molecular flexibility index (Phi) is 1.53. The molecule has 0 aromatic rings. The monoisotopic (exact) mass is 138 g/mol. The Morgan fingerprint density at radius 3 is 2.38 bits per heavy atom. The third-order valence-corrected chi connectivity index (χ3v) is 1.96. The highest BCUT2D eigenvalue weighted by Gasteiger charge is 2.34. The minimum absolute atomic E-state index is 0.0671. The molecule has 2 unspecified atom stereocenters. The van der Waals surface area contributed by atoms with Gasteiger partial charge in [-0.3, -0.25) is 0 Å². The fourth-order valence-electron chi connectivity index (χ4n) is 0.969. The topological polar surface area (TPSA) is 0 Å². The van der Waals surface area contributed by atoms with Crippen molar-refractivity contribution < 1.29 is 8.78 Å². The van der Waals surface area contributed by atoms with E-state index in [2.05, 4.69) is 0 Å². The highest BCUT2D eigenvalue weighted by Crippen LogP contribution is 2.40. The van der Waals surface area contributed by atoms with Crippen molar-refractivity contribution in [2.24, 2.45) is 0 Å². The molecule has 0 spiro atoms. The van der Waals surface area contributed by atoms with E-state index in [0.717, 1.165) is 0 Å². The second-order valence-corrected chi connectivity index (χ2v) is 3.41. The normalized spacial score (nSPS) is 47.6. The van der Waals surface area contributed by atoms with Gasteiger partial charge in [-0.25, -0.2) is 8.78 Å². The lowest BCUT2D eigenvalue weighted by molar-refractivity contribution is 0.262. The minimum Gasteiger partial charge on any atom is -0.247 e. The number of alkyl halides is 2. The zero-order chi connectivity index (χ0) is 6.20. The lowest BCUT2D eigenvalue weighted by Crippen LogP contribution is -2.06. The van der Waals surface area contributed by atoms with Crippen molar-refractivity contribution in [3.05, 3.63) is 0 Å². The molecule has 3 heteroatoms. The van der Waals surface area contributed by atoms with Gasteiger partial charge < -0.3 is 0 Å². The molecule has 0 aromatic carbocycles. The average Bonchev–Trinajstić information content (AvgIpc) is 1.82. The number of halogens is 2. The van der Waals surface area contributed by atoms with Crippen LogP contribution >= 0.6 is 9.24 Å². The van der Waals surface area contributed by atoms with Gasteiger partial charge in [0.25, 0.3) is 0 Å². The van der Waals surface area contributed by atoms with Crippen molar-refractivity contribution in [2.45, 2.75) is 30.8 Å². The highest BCUT2D eigenvalue weighted by molar-refractivity contribution is 7.18. The molecule has 8 heavy (non-hydrogen) atoms. The van der Waals surface area contributed by atoms with E-state index in [9.17, 15) is 8.78 Å². The molecule has 0 saturated heterocycles. The summed E-state index contributed by atoms with van der Waals surface area (Å²) < 4.78 is 24.8. The third-order valence-electron chi connectivity index (χ3n) is 1.43. The van der Waals surface area contributed by atoms with Gasteiger partial charge in [0.2, 0.25) is 0 Å². The van der Waals surface area contributed by atoms with Crippen LogP contribution in [0.15, 0.2) is 0 Å². The summed E-state index contributed by atoms with van der Waals surface area (Å²) in [5, 5.41) is -1.29. The van der Waals surface area contributed by atoms with Crippen molar-refractivity contribution in [3.63, 3.8) is 0 Å². The SMILES string of the molecule is F[C@@H]1CCC(F)(P)C1. The van der Waals surface area contributed by atoms with Crippen molar-refractivity contribution in [3.8, 4) is 0 Å². The summed E-state index contributed by atoms with van der Waals surface area (Å²) >= 11 is 0. The molecular weight excluding hydrogens is 129 g/mol. The lowest BCUT2D eigenvalue weighted by atomic mass is 10.3. The molecule has 48 valence electrons. The summed E-state index contributed by atoms with van der Waals surface area (Å²) in [6.45, 7) is 0. The molecule has 0 nitrogen and oxygen atoms in total. The number of rotatable bonds is 0. The van der Waals surface area contributed by atoms with E-state index >= 15 is 0 Å². The molecule has 1 rings (SSSR count). The van der Waals surface area contributed by atoms with E-state index in [1.54, 1.807) is 0 Å². The first-order valence-electron chi connectivity index (χ1n) is 2.72. The molecule has 0 aliphatic heterocycles. The van der Waals surface area contributed by atoms with Crippen LogP contribution in [0.2, 0.25) is 0 Å². The van der Waals surface area contributed by atoms with Crippen molar-refractivity contribution >= 4 is 9.24 Å². The maximum absolute atomic E-state index is 12.6. The zero-order valence-corrected chi connectivity index (χ0v) is 5.69. The van der Waals surface area contributed by atoms with Crippen molar-refractivity contribution in [1.29, 1.82) is 0 Å². The molecule has 3 atom stereocenters. The van der Waals surface area contributed by atoms with Crippen LogP contribution in [-0.4, -0.2) is 11.6 Å². The van der Waals surface area contributed by atoms with Crippen LogP contribution in [0, 0.1) is 0 Å². The van der Waals surface area contributed by atoms with Gasteiger partial charge in [0.05, 0.1) is 0 Å². The molecule has 0 amide bonds. The van der Waals surface area contributed by atoms with Crippen LogP contribution in [-0.2, 0) is 0 Å². The van der Waals surface area contributed by atoms with E-state index in [-0.39, 0.29) is 6.42 Å². The van der Waals surface area contributed by atoms with Gasteiger partial charge in [0.15, 0.2) is 0 Å². The maximum Gasteiger partial charge on any atom is 0.126 e. The van der Waals surface area contributed by atoms with E-state index in [4.69, 9.17) is 0 Å². The molecule has 0 N–H and O–H groups in total. The van der Waals surface area contributed by atoms with Crippen molar-refractivity contribution in [2.75, 3.05) is 0 Å². The van der Waals surface area contributed by atoms with Crippen LogP contribution in [0.3, 0.4) is 0 Å². The molecule has 0 bridgehead atoms. The second-order valence-electron chi connectivity index (χ2n) is 2.37. The predicted molar refractivity (Wildman–Crippen MR) is 32.3 cm³/mol. The van der Waals surface area contributed by atoms with Gasteiger partial charge >= 0.3 is 0 Å². The number of hydrogen-bond acceptors (Lipinski definition) is 0. The molecule has 1 saturated carbocycles. The molecule has 1 aliphatic carbocycles. The quantitative estimate of drug-likeness (QED) is 0.449. The van der Waals surface area contributed by atoms with Crippen LogP contribution in [0.1, 0.15) is 19.3 Å². The van der Waals surface area contributed by atoms with Crippen LogP contribution in [0.4, 0.5) is 8.78 Å². The Morgan fingerprint density at radius 2 is 2.25 bits per heavy atom. The Hall–Kier alpha value is 0.290. The average molecular weight is 138 g/mol. The van der Waals surface area contributed by atoms with E-state index in [1.807, 2.05) is 9.24 Å². The van der Waals surface area contributed by atoms with Crippen LogP contribution in [0.25, 0.3) is 0 Å². The Labute approximate surface area is 49.9 Å². The largest absolute Gasteiger partial charge is 0.247 e. The molecule has 1 fully saturated rings. The summed E-state index contributed by atoms with van der Waals surface area (Å²) in [6.07, 6.45) is -0.0891. The van der Waals surface area contributed by atoms with E-state index < -0.39 is 11.6 Å². The molecule has 0 heterocycles. The van der Waals surface area contributed by atoms with Gasteiger partial charge in [-0.1, -0.05) is 9.24 Å². The Morgan fingerprint density at radius 1 is 1.62 bits per heavy atom. The minimum atomic E-state index is -1.29. The summed E-state index contributed by atoms with van der Waals surface area (Å²) in [6, 6.07) is 0. The first-order chi connectivity index (χ1) is 3.60. The Bertz CT molecular complexity index is 92.4. The fraction of sp³-hybridized carbons (Fsp3) is 1.00. The fourth-order valence-corrected chi connectivity index (χ4v) is 1.39. The standard InChI is InChI=1S/C5H9F2P/c6-4-1-2-5(7,8)3-4/h4H,1-3,8H2/t4-,5?/m1/s1. The summed E-state index contributed by atoms with van der Waals surface area (Å²) in [4.78, 5) is 0. The predicted octanol–water partition coefficient (Wildman–Crippen LogP) is 2.05. The van der Waals surface area contributed by atoms with Crippen LogP contribution < -0.4 is 0 Å². The van der Waals surface area contributed by atoms with E-state index in [1.165, 1.54) is 0 Å². The van der Waals surface area contributed by atoms with Gasteiger partial charge in [0.1, 0.15) is 11.6 Å². The smallest absolute Gasteiger partial charge is 0.126 e. The van der Waals surface area contributed by atoms with Gasteiger partial charge in [-0.05, 0) is 12.8 Å². The Balaban J connectivity index is 2.44. The maximum atomic E-state index is 12.6. The molecule has 1 aliphatic rings. The molecule has 0 aromatic heterocycles. The first-order valence-corrected chi connectivity index (χ1v) is 3.30. The molecular formula is C5H9F2P. The zero-order valence-electron chi connectivity index (χ0n) is 4.53. The summed E-state index contributed by atoms with van der Waals surface area (Å²) in [7, 11) is 2.05. The second kappa shape index (κ2) is 1.91. The first kappa shape index (κ1) is 6.41. The van der Waals surface area contributed by atoms with Gasteiger partial charge in [0, 0.05) is 6.42 Å². The van der Waals surface area contributed by atoms with Gasteiger partial charge in [-0.2, -0.15) is 0 Å². The summed E-state index contributed by atoms with van der Waals surface area (Å²) in [5.41, 5.74) is 0. The summed E-state index contributed by atoms with van der Waals surface area (Å²) in [5.74, 6) is 0. The lowest BCUT2D eigenvalue weighted by Gasteiger charge is -2.08. The van der Waals surface area contributed by atoms with Crippen LogP contribution in [0.5, 0.6) is 0 Å². The molecule has 0 radical (unpaired) electrons. The van der Waals surface area contributed by atoms with E-state index in [0.29, 0.717) is 12.8 Å².